The van der Waals surface area contributed by atoms with Crippen LogP contribution < -0.4 is 4.90 Å². The van der Waals surface area contributed by atoms with Crippen LogP contribution >= 0.6 is 11.3 Å². The number of hydrogen-bond acceptors (Lipinski definition) is 4. The first-order chi connectivity index (χ1) is 9.65. The maximum Gasteiger partial charge on any atom is 0.230 e. The summed E-state index contributed by atoms with van der Waals surface area (Å²) in [7, 11) is 1.75. The van der Waals surface area contributed by atoms with E-state index in [-0.39, 0.29) is 17.6 Å². The van der Waals surface area contributed by atoms with E-state index in [0.29, 0.717) is 12.8 Å². The topological polar surface area (TPSA) is 50.3 Å². The standard InChI is InChI=1S/C15H14N2O2S/c1-17(15(19)11-8-13(18)9-11)12-4-2-10(3-5-12)14-16-6-7-20-14/h2-7,11H,8-9H2,1H3. The fourth-order valence-electron chi connectivity index (χ4n) is 2.26. The molecule has 2 aromatic rings. The third kappa shape index (κ3) is 2.36. The Hall–Kier alpha value is -2.01. The van der Waals surface area contributed by atoms with Crippen LogP contribution in [0.15, 0.2) is 35.8 Å². The predicted molar refractivity (Wildman–Crippen MR) is 78.7 cm³/mol. The van der Waals surface area contributed by atoms with Crippen LogP contribution in [0.4, 0.5) is 5.69 Å². The molecule has 1 fully saturated rings. The van der Waals surface area contributed by atoms with Gasteiger partial charge in [-0.05, 0) is 24.3 Å². The molecular weight excluding hydrogens is 272 g/mol. The highest BCUT2D eigenvalue weighted by molar-refractivity contribution is 7.13. The van der Waals surface area contributed by atoms with Gasteiger partial charge in [-0.25, -0.2) is 4.98 Å². The molecule has 0 radical (unpaired) electrons. The first kappa shape index (κ1) is 13.0. The molecule has 20 heavy (non-hydrogen) atoms. The SMILES string of the molecule is CN(C(=O)C1CC(=O)C1)c1ccc(-c2nccs2)cc1. The monoisotopic (exact) mass is 286 g/mol. The van der Waals surface area contributed by atoms with Crippen molar-refractivity contribution in [3.8, 4) is 10.6 Å². The minimum atomic E-state index is -0.133. The van der Waals surface area contributed by atoms with E-state index in [1.165, 1.54) is 0 Å². The second-order valence-electron chi connectivity index (χ2n) is 4.93. The van der Waals surface area contributed by atoms with Gasteiger partial charge in [0.2, 0.25) is 5.91 Å². The van der Waals surface area contributed by atoms with E-state index >= 15 is 0 Å². The molecule has 1 aliphatic rings. The van der Waals surface area contributed by atoms with Crippen LogP contribution in [0.5, 0.6) is 0 Å². The van der Waals surface area contributed by atoms with E-state index in [9.17, 15) is 9.59 Å². The van der Waals surface area contributed by atoms with E-state index in [4.69, 9.17) is 0 Å². The molecule has 0 atom stereocenters. The summed E-state index contributed by atoms with van der Waals surface area (Å²) >= 11 is 1.59. The number of ketones is 1. The largest absolute Gasteiger partial charge is 0.315 e. The van der Waals surface area contributed by atoms with Crippen LogP contribution in [0.1, 0.15) is 12.8 Å². The average Bonchev–Trinajstić information content (AvgIpc) is 2.97. The zero-order valence-corrected chi connectivity index (χ0v) is 11.9. The first-order valence-electron chi connectivity index (χ1n) is 6.44. The smallest absolute Gasteiger partial charge is 0.230 e. The Labute approximate surface area is 121 Å². The molecule has 0 saturated heterocycles. The lowest BCUT2D eigenvalue weighted by Gasteiger charge is -2.28. The van der Waals surface area contributed by atoms with Crippen molar-refractivity contribution >= 4 is 28.7 Å². The summed E-state index contributed by atoms with van der Waals surface area (Å²) in [5.74, 6) is 0.0635. The second-order valence-corrected chi connectivity index (χ2v) is 5.82. The van der Waals surface area contributed by atoms with Crippen molar-refractivity contribution in [3.63, 3.8) is 0 Å². The first-order valence-corrected chi connectivity index (χ1v) is 7.32. The lowest BCUT2D eigenvalue weighted by atomic mass is 9.83. The Morgan fingerprint density at radius 1 is 1.30 bits per heavy atom. The molecular formula is C15H14N2O2S. The fourth-order valence-corrected chi connectivity index (χ4v) is 2.90. The Kier molecular flexibility index (Phi) is 3.36. The van der Waals surface area contributed by atoms with E-state index in [1.807, 2.05) is 29.6 Å². The van der Waals surface area contributed by atoms with Crippen molar-refractivity contribution in [1.29, 1.82) is 0 Å². The number of Topliss-reactive ketones (excluding diaryl/α,β-unsaturated/α-hetero) is 1. The number of aromatic nitrogens is 1. The van der Waals surface area contributed by atoms with Gasteiger partial charge in [-0.2, -0.15) is 0 Å². The molecule has 1 aliphatic carbocycles. The van der Waals surface area contributed by atoms with Crippen LogP contribution in [-0.4, -0.2) is 23.7 Å². The maximum absolute atomic E-state index is 12.1. The van der Waals surface area contributed by atoms with Crippen molar-refractivity contribution in [2.75, 3.05) is 11.9 Å². The third-order valence-corrected chi connectivity index (χ3v) is 4.38. The highest BCUT2D eigenvalue weighted by atomic mass is 32.1. The molecule has 3 rings (SSSR count). The van der Waals surface area contributed by atoms with E-state index < -0.39 is 0 Å². The van der Waals surface area contributed by atoms with Gasteiger partial charge in [0, 0.05) is 42.7 Å². The van der Waals surface area contributed by atoms with Gasteiger partial charge in [-0.15, -0.1) is 11.3 Å². The Morgan fingerprint density at radius 3 is 2.55 bits per heavy atom. The van der Waals surface area contributed by atoms with Crippen molar-refractivity contribution < 1.29 is 9.59 Å². The summed E-state index contributed by atoms with van der Waals surface area (Å²) in [6.07, 6.45) is 2.55. The molecule has 0 bridgehead atoms. The van der Waals surface area contributed by atoms with E-state index in [1.54, 1.807) is 29.5 Å². The molecule has 0 aliphatic heterocycles. The average molecular weight is 286 g/mol. The van der Waals surface area contributed by atoms with E-state index in [0.717, 1.165) is 16.3 Å². The van der Waals surface area contributed by atoms with Gasteiger partial charge < -0.3 is 4.90 Å². The zero-order chi connectivity index (χ0) is 14.1. The summed E-state index contributed by atoms with van der Waals surface area (Å²) in [6.45, 7) is 0. The molecule has 1 amide bonds. The molecule has 1 heterocycles. The number of nitrogens with zero attached hydrogens (tertiary/aromatic N) is 2. The molecule has 0 N–H and O–H groups in total. The Bertz CT molecular complexity index is 626. The van der Waals surface area contributed by atoms with Crippen molar-refractivity contribution in [2.24, 2.45) is 5.92 Å². The number of rotatable bonds is 3. The Balaban J connectivity index is 1.74. The number of thiazole rings is 1. The maximum atomic E-state index is 12.1. The highest BCUT2D eigenvalue weighted by Gasteiger charge is 2.34. The predicted octanol–water partition coefficient (Wildman–Crippen LogP) is 2.75. The zero-order valence-electron chi connectivity index (χ0n) is 11.1. The van der Waals surface area contributed by atoms with Crippen molar-refractivity contribution in [3.05, 3.63) is 35.8 Å². The van der Waals surface area contributed by atoms with Crippen LogP contribution in [0, 0.1) is 5.92 Å². The quantitative estimate of drug-likeness (QED) is 0.871. The molecule has 1 aromatic heterocycles. The summed E-state index contributed by atoms with van der Waals surface area (Å²) in [4.78, 5) is 29.0. The minimum absolute atomic E-state index is 0.0200. The molecule has 4 nitrogen and oxygen atoms in total. The van der Waals surface area contributed by atoms with Crippen LogP contribution in [-0.2, 0) is 9.59 Å². The van der Waals surface area contributed by atoms with Crippen LogP contribution in [0.3, 0.4) is 0 Å². The number of benzene rings is 1. The normalized spacial score (nSPS) is 14.9. The molecule has 0 spiro atoms. The van der Waals surface area contributed by atoms with Gasteiger partial charge in [0.15, 0.2) is 0 Å². The molecule has 0 unspecified atom stereocenters. The number of hydrogen-bond donors (Lipinski definition) is 0. The number of carbonyl (C=O) groups is 2. The molecule has 5 heteroatoms. The third-order valence-electron chi connectivity index (χ3n) is 3.56. The van der Waals surface area contributed by atoms with Crippen molar-refractivity contribution in [1.82, 2.24) is 4.98 Å². The molecule has 1 aromatic carbocycles. The van der Waals surface area contributed by atoms with Gasteiger partial charge in [0.05, 0.1) is 5.92 Å². The Morgan fingerprint density at radius 2 is 2.00 bits per heavy atom. The number of carbonyl (C=O) groups excluding carboxylic acids is 2. The lowest BCUT2D eigenvalue weighted by Crippen LogP contribution is -2.40. The minimum Gasteiger partial charge on any atom is -0.315 e. The summed E-state index contributed by atoms with van der Waals surface area (Å²) in [6, 6.07) is 7.75. The number of amides is 1. The summed E-state index contributed by atoms with van der Waals surface area (Å²) in [5.41, 5.74) is 1.89. The van der Waals surface area contributed by atoms with Gasteiger partial charge in [0.1, 0.15) is 10.8 Å². The summed E-state index contributed by atoms with van der Waals surface area (Å²) < 4.78 is 0. The summed E-state index contributed by atoms with van der Waals surface area (Å²) in [5, 5.41) is 2.90. The van der Waals surface area contributed by atoms with Gasteiger partial charge >= 0.3 is 0 Å². The lowest BCUT2D eigenvalue weighted by molar-refractivity contribution is -0.136. The van der Waals surface area contributed by atoms with Crippen LogP contribution in [0.25, 0.3) is 10.6 Å². The highest BCUT2D eigenvalue weighted by Crippen LogP contribution is 2.28. The second kappa shape index (κ2) is 5.17. The fraction of sp³-hybridized carbons (Fsp3) is 0.267. The van der Waals surface area contributed by atoms with E-state index in [2.05, 4.69) is 4.98 Å². The van der Waals surface area contributed by atoms with Gasteiger partial charge in [-0.3, -0.25) is 9.59 Å². The van der Waals surface area contributed by atoms with Gasteiger partial charge in [-0.1, -0.05) is 0 Å². The number of anilines is 1. The van der Waals surface area contributed by atoms with Crippen molar-refractivity contribution in [2.45, 2.75) is 12.8 Å². The molecule has 1 saturated carbocycles. The van der Waals surface area contributed by atoms with Gasteiger partial charge in [0.25, 0.3) is 0 Å². The van der Waals surface area contributed by atoms with Crippen LogP contribution in [0.2, 0.25) is 0 Å². The molecule has 102 valence electrons.